The normalized spacial score (nSPS) is 15.5. The van der Waals surface area contributed by atoms with Crippen LogP contribution >= 0.6 is 24.8 Å². The number of pyridine rings is 1. The molecule has 1 amide bonds. The number of hydrogen-bond donors (Lipinski definition) is 2. The Labute approximate surface area is 155 Å². The fourth-order valence-electron chi connectivity index (χ4n) is 3.15. The Bertz CT molecular complexity index is 734. The second kappa shape index (κ2) is 8.36. The highest BCUT2D eigenvalue weighted by Gasteiger charge is 2.23. The molecule has 2 aromatic rings. The van der Waals surface area contributed by atoms with E-state index in [-0.39, 0.29) is 36.8 Å². The third-order valence-corrected chi connectivity index (χ3v) is 4.26. The number of aryl methyl sites for hydroxylation is 3. The summed E-state index contributed by atoms with van der Waals surface area (Å²) in [7, 11) is 0. The Morgan fingerprint density at radius 3 is 2.67 bits per heavy atom. The molecule has 1 aromatic heterocycles. The van der Waals surface area contributed by atoms with Crippen molar-refractivity contribution < 1.29 is 4.79 Å². The van der Waals surface area contributed by atoms with Crippen molar-refractivity contribution in [3.63, 3.8) is 0 Å². The van der Waals surface area contributed by atoms with Gasteiger partial charge in [-0.2, -0.15) is 0 Å². The van der Waals surface area contributed by atoms with Crippen LogP contribution in [0.3, 0.4) is 0 Å². The molecule has 1 unspecified atom stereocenters. The van der Waals surface area contributed by atoms with Gasteiger partial charge in [-0.05, 0) is 68.5 Å². The molecular weight excluding hydrogens is 345 g/mol. The van der Waals surface area contributed by atoms with Crippen molar-refractivity contribution in [2.75, 3.05) is 5.73 Å². The summed E-state index contributed by atoms with van der Waals surface area (Å²) < 4.78 is 0. The van der Waals surface area contributed by atoms with Gasteiger partial charge >= 0.3 is 0 Å². The van der Waals surface area contributed by atoms with Gasteiger partial charge in [0.2, 0.25) is 0 Å². The van der Waals surface area contributed by atoms with Gasteiger partial charge in [-0.3, -0.25) is 9.78 Å². The molecule has 3 N–H and O–H groups in total. The number of amides is 1. The average molecular weight is 368 g/mol. The number of halogens is 2. The topological polar surface area (TPSA) is 68.0 Å². The molecule has 1 aliphatic carbocycles. The quantitative estimate of drug-likeness (QED) is 0.790. The van der Waals surface area contributed by atoms with E-state index >= 15 is 0 Å². The summed E-state index contributed by atoms with van der Waals surface area (Å²) in [5.41, 5.74) is 11.4. The molecule has 130 valence electrons. The highest BCUT2D eigenvalue weighted by Crippen LogP contribution is 2.31. The molecule has 1 aliphatic rings. The maximum absolute atomic E-state index is 12.5. The molecule has 1 aromatic carbocycles. The molecule has 0 saturated carbocycles. The summed E-state index contributed by atoms with van der Waals surface area (Å²) in [4.78, 5) is 16.9. The Morgan fingerprint density at radius 1 is 1.21 bits per heavy atom. The number of hydrogen-bond acceptors (Lipinski definition) is 3. The molecule has 0 fully saturated rings. The number of nitrogens with two attached hydrogens (primary N) is 1. The predicted molar refractivity (Wildman–Crippen MR) is 102 cm³/mol. The minimum absolute atomic E-state index is 0. The highest BCUT2D eigenvalue weighted by atomic mass is 35.5. The molecule has 1 heterocycles. The number of fused-ring (bicyclic) bond motifs is 1. The van der Waals surface area contributed by atoms with Gasteiger partial charge < -0.3 is 11.1 Å². The van der Waals surface area contributed by atoms with Gasteiger partial charge in [0, 0.05) is 11.4 Å². The summed E-state index contributed by atoms with van der Waals surface area (Å²) in [6.45, 7) is 3.80. The third kappa shape index (κ3) is 4.19. The predicted octanol–water partition coefficient (Wildman–Crippen LogP) is 3.93. The van der Waals surface area contributed by atoms with E-state index in [1.54, 1.807) is 0 Å². The van der Waals surface area contributed by atoms with Gasteiger partial charge in [-0.1, -0.05) is 6.07 Å². The summed E-state index contributed by atoms with van der Waals surface area (Å²) in [5.74, 6) is -0.0559. The summed E-state index contributed by atoms with van der Waals surface area (Å²) in [5, 5.41) is 3.15. The van der Waals surface area contributed by atoms with Crippen LogP contribution in [0, 0.1) is 13.8 Å². The molecule has 4 nitrogen and oxygen atoms in total. The minimum Gasteiger partial charge on any atom is -0.399 e. The molecule has 0 aliphatic heterocycles. The first-order valence-corrected chi connectivity index (χ1v) is 7.68. The Kier molecular flexibility index (Phi) is 7.06. The van der Waals surface area contributed by atoms with Crippen LogP contribution in [0.1, 0.15) is 51.8 Å². The van der Waals surface area contributed by atoms with E-state index in [0.717, 1.165) is 36.3 Å². The van der Waals surface area contributed by atoms with E-state index in [1.165, 1.54) is 11.1 Å². The van der Waals surface area contributed by atoms with E-state index in [4.69, 9.17) is 5.73 Å². The maximum atomic E-state index is 12.5. The monoisotopic (exact) mass is 367 g/mol. The van der Waals surface area contributed by atoms with Gasteiger partial charge in [-0.15, -0.1) is 24.8 Å². The molecule has 0 radical (unpaired) electrons. The van der Waals surface area contributed by atoms with Gasteiger partial charge in [0.25, 0.3) is 5.91 Å². The average Bonchev–Trinajstić information content (AvgIpc) is 2.47. The summed E-state index contributed by atoms with van der Waals surface area (Å²) in [6.07, 6.45) is 3.05. The van der Waals surface area contributed by atoms with Gasteiger partial charge in [0.15, 0.2) is 0 Å². The lowest BCUT2D eigenvalue weighted by Gasteiger charge is -2.27. The fourth-order valence-corrected chi connectivity index (χ4v) is 3.15. The maximum Gasteiger partial charge on any atom is 0.253 e. The van der Waals surface area contributed by atoms with Crippen molar-refractivity contribution in [3.8, 4) is 0 Å². The first-order valence-electron chi connectivity index (χ1n) is 7.68. The van der Waals surface area contributed by atoms with Crippen molar-refractivity contribution in [2.24, 2.45) is 0 Å². The Morgan fingerprint density at radius 2 is 1.96 bits per heavy atom. The van der Waals surface area contributed by atoms with Crippen LogP contribution in [0.5, 0.6) is 0 Å². The van der Waals surface area contributed by atoms with Crippen LogP contribution in [-0.2, 0) is 6.42 Å². The summed E-state index contributed by atoms with van der Waals surface area (Å²) >= 11 is 0. The zero-order chi connectivity index (χ0) is 15.7. The number of nitrogens with one attached hydrogen (secondary N) is 1. The number of benzene rings is 1. The van der Waals surface area contributed by atoms with Crippen molar-refractivity contribution in [1.82, 2.24) is 10.3 Å². The van der Waals surface area contributed by atoms with Crippen LogP contribution in [-0.4, -0.2) is 10.9 Å². The molecule has 0 spiro atoms. The number of aromatic nitrogens is 1. The first kappa shape index (κ1) is 20.3. The van der Waals surface area contributed by atoms with E-state index in [9.17, 15) is 4.79 Å². The third-order valence-electron chi connectivity index (χ3n) is 4.26. The first-order chi connectivity index (χ1) is 10.5. The van der Waals surface area contributed by atoms with E-state index in [2.05, 4.69) is 10.3 Å². The fraction of sp³-hybridized carbons (Fsp3) is 0.333. The molecule has 1 atom stereocenters. The lowest BCUT2D eigenvalue weighted by Crippen LogP contribution is -2.31. The largest absolute Gasteiger partial charge is 0.399 e. The smallest absolute Gasteiger partial charge is 0.253 e. The number of anilines is 1. The van der Waals surface area contributed by atoms with Crippen molar-refractivity contribution in [1.29, 1.82) is 0 Å². The SMILES string of the molecule is Cc1ccc(C(=O)NC2CCCc3cc(N)ccc32)c(C)n1.Cl.Cl. The van der Waals surface area contributed by atoms with Crippen molar-refractivity contribution in [2.45, 2.75) is 39.2 Å². The molecule has 0 bridgehead atoms. The van der Waals surface area contributed by atoms with Gasteiger partial charge in [-0.25, -0.2) is 0 Å². The molecule has 6 heteroatoms. The Balaban J connectivity index is 0.00000144. The molecule has 24 heavy (non-hydrogen) atoms. The van der Waals surface area contributed by atoms with Crippen molar-refractivity contribution >= 4 is 36.4 Å². The number of carbonyl (C=O) groups excluding carboxylic acids is 1. The second-order valence-electron chi connectivity index (χ2n) is 5.96. The molecule has 3 rings (SSSR count). The molecule has 0 saturated heterocycles. The molecular formula is C18H23Cl2N3O. The van der Waals surface area contributed by atoms with Crippen LogP contribution in [0.2, 0.25) is 0 Å². The van der Waals surface area contributed by atoms with E-state index in [0.29, 0.717) is 5.56 Å². The van der Waals surface area contributed by atoms with Crippen molar-refractivity contribution in [3.05, 3.63) is 58.4 Å². The second-order valence-corrected chi connectivity index (χ2v) is 5.96. The summed E-state index contributed by atoms with van der Waals surface area (Å²) in [6, 6.07) is 9.73. The van der Waals surface area contributed by atoms with Crippen LogP contribution < -0.4 is 11.1 Å². The zero-order valence-electron chi connectivity index (χ0n) is 13.8. The Hall–Kier alpha value is -1.78. The number of nitrogens with zero attached hydrogens (tertiary/aromatic N) is 1. The van der Waals surface area contributed by atoms with Crippen LogP contribution in [0.4, 0.5) is 5.69 Å². The van der Waals surface area contributed by atoms with Gasteiger partial charge in [0.05, 0.1) is 17.3 Å². The standard InChI is InChI=1S/C18H21N3O.2ClH/c1-11-6-8-15(12(2)20-11)18(22)21-17-5-3-4-13-10-14(19)7-9-16(13)17;;/h6-10,17H,3-5,19H2,1-2H3,(H,21,22);2*1H. The minimum atomic E-state index is -0.0559. The number of carbonyl (C=O) groups is 1. The lowest BCUT2D eigenvalue weighted by molar-refractivity contribution is 0.0931. The van der Waals surface area contributed by atoms with E-state index in [1.807, 2.05) is 44.2 Å². The van der Waals surface area contributed by atoms with Crippen LogP contribution in [0.15, 0.2) is 30.3 Å². The zero-order valence-corrected chi connectivity index (χ0v) is 15.5. The van der Waals surface area contributed by atoms with E-state index < -0.39 is 0 Å². The number of nitrogen functional groups attached to an aromatic ring is 1. The van der Waals surface area contributed by atoms with Gasteiger partial charge in [0.1, 0.15) is 0 Å². The lowest BCUT2D eigenvalue weighted by atomic mass is 9.87. The number of rotatable bonds is 2. The highest BCUT2D eigenvalue weighted by molar-refractivity contribution is 5.95. The van der Waals surface area contributed by atoms with Crippen LogP contribution in [0.25, 0.3) is 0 Å².